The van der Waals surface area contributed by atoms with Gasteiger partial charge in [-0.3, -0.25) is 0 Å². The first-order valence-corrected chi connectivity index (χ1v) is 13.8. The molecule has 6 aromatic carbocycles. The van der Waals surface area contributed by atoms with Gasteiger partial charge >= 0.3 is 0 Å². The number of hydrogen-bond donors (Lipinski definition) is 1. The Morgan fingerprint density at radius 3 is 2.00 bits per heavy atom. The number of rotatable bonds is 4. The minimum atomic E-state index is -0.242. The van der Waals surface area contributed by atoms with Crippen molar-refractivity contribution in [2.45, 2.75) is 6.17 Å². The average molecular weight is 528 g/mol. The third-order valence-corrected chi connectivity index (χ3v) is 7.74. The van der Waals surface area contributed by atoms with E-state index in [1.165, 1.54) is 16.3 Å². The van der Waals surface area contributed by atoms with Crippen LogP contribution in [-0.4, -0.2) is 11.7 Å². The van der Waals surface area contributed by atoms with E-state index in [0.717, 1.165) is 50.0 Å². The summed E-state index contributed by atoms with van der Waals surface area (Å²) < 4.78 is 6.46. The van der Waals surface area contributed by atoms with Crippen molar-refractivity contribution >= 4 is 44.4 Å². The lowest BCUT2D eigenvalue weighted by Crippen LogP contribution is -2.33. The highest BCUT2D eigenvalue weighted by atomic mass is 16.3. The fourth-order valence-electron chi connectivity index (χ4n) is 5.69. The molecule has 2 heterocycles. The van der Waals surface area contributed by atoms with E-state index in [0.29, 0.717) is 5.84 Å². The van der Waals surface area contributed by atoms with Crippen LogP contribution in [0, 0.1) is 0 Å². The first-order chi connectivity index (χ1) is 20.3. The van der Waals surface area contributed by atoms with Crippen LogP contribution in [0.1, 0.15) is 22.9 Å². The maximum atomic E-state index is 6.46. The van der Waals surface area contributed by atoms with Gasteiger partial charge in [0, 0.05) is 21.9 Å². The van der Waals surface area contributed by atoms with E-state index in [4.69, 9.17) is 14.4 Å². The molecule has 41 heavy (non-hydrogen) atoms. The summed E-state index contributed by atoms with van der Waals surface area (Å²) in [5.41, 5.74) is 7.04. The molecule has 1 aromatic heterocycles. The molecule has 0 bridgehead atoms. The van der Waals surface area contributed by atoms with Crippen LogP contribution >= 0.6 is 0 Å². The fraction of sp³-hybridized carbons (Fsp3) is 0.0270. The standard InChI is InChI=1S/C37H25N3O/c1-3-11-25(12-4-1)35-38-36(26-13-5-2-6-14-26)40-37(39-35)28-19-21-32-31-20-18-27(22-33(31)41-34(32)23-28)30-17-9-15-24-10-7-8-16-29(24)30/h1-23,35H,(H,38,39,40). The second-order valence-corrected chi connectivity index (χ2v) is 10.3. The Morgan fingerprint density at radius 1 is 0.537 bits per heavy atom. The second-order valence-electron chi connectivity index (χ2n) is 10.3. The van der Waals surface area contributed by atoms with Crippen molar-refractivity contribution in [2.75, 3.05) is 0 Å². The molecule has 0 aliphatic carbocycles. The van der Waals surface area contributed by atoms with Gasteiger partial charge in [-0.2, -0.15) is 0 Å². The van der Waals surface area contributed by atoms with Gasteiger partial charge < -0.3 is 9.73 Å². The van der Waals surface area contributed by atoms with Crippen LogP contribution < -0.4 is 5.32 Å². The molecule has 0 saturated heterocycles. The Labute approximate surface area is 237 Å². The molecule has 1 N–H and O–H groups in total. The smallest absolute Gasteiger partial charge is 0.159 e. The topological polar surface area (TPSA) is 49.9 Å². The highest BCUT2D eigenvalue weighted by molar-refractivity contribution is 6.15. The zero-order valence-electron chi connectivity index (χ0n) is 22.2. The Balaban J connectivity index is 1.23. The predicted molar refractivity (Wildman–Crippen MR) is 168 cm³/mol. The molecule has 4 nitrogen and oxygen atoms in total. The first-order valence-electron chi connectivity index (χ1n) is 13.8. The fourth-order valence-corrected chi connectivity index (χ4v) is 5.69. The molecule has 1 aliphatic rings. The van der Waals surface area contributed by atoms with Crippen molar-refractivity contribution in [1.82, 2.24) is 5.32 Å². The lowest BCUT2D eigenvalue weighted by atomic mass is 9.97. The third-order valence-electron chi connectivity index (χ3n) is 7.74. The van der Waals surface area contributed by atoms with Gasteiger partial charge in [-0.1, -0.05) is 115 Å². The number of nitrogens with zero attached hydrogens (tertiary/aromatic N) is 2. The van der Waals surface area contributed by atoms with Crippen LogP contribution in [0.15, 0.2) is 154 Å². The van der Waals surface area contributed by atoms with Crippen molar-refractivity contribution in [1.29, 1.82) is 0 Å². The van der Waals surface area contributed by atoms with Gasteiger partial charge in [0.05, 0.1) is 0 Å². The average Bonchev–Trinajstić information content (AvgIpc) is 3.42. The molecule has 1 aliphatic heterocycles. The summed E-state index contributed by atoms with van der Waals surface area (Å²) in [6.45, 7) is 0. The van der Waals surface area contributed by atoms with Crippen LogP contribution in [0.5, 0.6) is 0 Å². The number of nitrogens with one attached hydrogen (secondary N) is 1. The molecule has 4 heteroatoms. The summed E-state index contributed by atoms with van der Waals surface area (Å²) in [5, 5.41) is 8.15. The summed E-state index contributed by atoms with van der Waals surface area (Å²) >= 11 is 0. The first kappa shape index (κ1) is 23.4. The van der Waals surface area contributed by atoms with Gasteiger partial charge in [0.25, 0.3) is 0 Å². The SMILES string of the molecule is c1ccc(C2=NC(c3ccc4c(c3)oc3cc(-c5cccc6ccccc56)ccc34)=NC(c3ccccc3)N2)cc1. The third kappa shape index (κ3) is 4.17. The maximum absolute atomic E-state index is 6.46. The van der Waals surface area contributed by atoms with Crippen LogP contribution in [-0.2, 0) is 0 Å². The largest absolute Gasteiger partial charge is 0.456 e. The summed E-state index contributed by atoms with van der Waals surface area (Å²) in [4.78, 5) is 9.97. The van der Waals surface area contributed by atoms with Gasteiger partial charge in [0.2, 0.25) is 0 Å². The van der Waals surface area contributed by atoms with Gasteiger partial charge in [0.1, 0.15) is 23.2 Å². The van der Waals surface area contributed by atoms with E-state index in [2.05, 4.69) is 108 Å². The molecule has 0 radical (unpaired) electrons. The number of amidine groups is 2. The van der Waals surface area contributed by atoms with E-state index in [9.17, 15) is 0 Å². The monoisotopic (exact) mass is 527 g/mol. The van der Waals surface area contributed by atoms with Crippen molar-refractivity contribution in [3.8, 4) is 11.1 Å². The molecule has 7 aromatic rings. The van der Waals surface area contributed by atoms with Crippen molar-refractivity contribution < 1.29 is 4.42 Å². The van der Waals surface area contributed by atoms with Gasteiger partial charge in [-0.25, -0.2) is 9.98 Å². The normalized spacial score (nSPS) is 15.1. The van der Waals surface area contributed by atoms with Crippen molar-refractivity contribution in [3.63, 3.8) is 0 Å². The number of benzene rings is 6. The van der Waals surface area contributed by atoms with Crippen LogP contribution in [0.4, 0.5) is 0 Å². The lowest BCUT2D eigenvalue weighted by Gasteiger charge is -2.23. The van der Waals surface area contributed by atoms with Crippen LogP contribution in [0.25, 0.3) is 43.8 Å². The second kappa shape index (κ2) is 9.61. The Bertz CT molecular complexity index is 2120. The van der Waals surface area contributed by atoms with E-state index >= 15 is 0 Å². The Kier molecular flexibility index (Phi) is 5.49. The number of hydrogen-bond acceptors (Lipinski definition) is 4. The van der Waals surface area contributed by atoms with E-state index in [1.807, 2.05) is 36.4 Å². The molecule has 0 amide bonds. The van der Waals surface area contributed by atoms with Gasteiger partial charge in [0.15, 0.2) is 5.84 Å². The molecule has 8 rings (SSSR count). The summed E-state index contributed by atoms with van der Waals surface area (Å²) in [6, 6.07) is 48.1. The zero-order valence-corrected chi connectivity index (χ0v) is 22.2. The zero-order chi connectivity index (χ0) is 27.2. The van der Waals surface area contributed by atoms with E-state index in [1.54, 1.807) is 0 Å². The quantitative estimate of drug-likeness (QED) is 0.248. The maximum Gasteiger partial charge on any atom is 0.159 e. The summed E-state index contributed by atoms with van der Waals surface area (Å²) in [6.07, 6.45) is -0.242. The molecule has 0 spiro atoms. The molecule has 0 saturated carbocycles. The number of fused-ring (bicyclic) bond motifs is 4. The van der Waals surface area contributed by atoms with Crippen LogP contribution in [0.2, 0.25) is 0 Å². The predicted octanol–water partition coefficient (Wildman–Crippen LogP) is 8.90. The number of furan rings is 1. The molecule has 0 fully saturated rings. The molecule has 1 unspecified atom stereocenters. The summed E-state index contributed by atoms with van der Waals surface area (Å²) in [5.74, 6) is 1.48. The molecular weight excluding hydrogens is 502 g/mol. The minimum absolute atomic E-state index is 0.242. The van der Waals surface area contributed by atoms with Gasteiger partial charge in [-0.15, -0.1) is 0 Å². The van der Waals surface area contributed by atoms with Crippen LogP contribution in [0.3, 0.4) is 0 Å². The lowest BCUT2D eigenvalue weighted by molar-refractivity contribution is 0.667. The highest BCUT2D eigenvalue weighted by Gasteiger charge is 2.21. The number of aliphatic imine (C=N–C) groups is 2. The van der Waals surface area contributed by atoms with E-state index in [-0.39, 0.29) is 6.17 Å². The van der Waals surface area contributed by atoms with E-state index < -0.39 is 0 Å². The van der Waals surface area contributed by atoms with Crippen molar-refractivity contribution in [2.24, 2.45) is 9.98 Å². The Hall–Kier alpha value is -5.48. The minimum Gasteiger partial charge on any atom is -0.456 e. The van der Waals surface area contributed by atoms with Crippen molar-refractivity contribution in [3.05, 3.63) is 156 Å². The highest BCUT2D eigenvalue weighted by Crippen LogP contribution is 2.35. The molecule has 1 atom stereocenters. The summed E-state index contributed by atoms with van der Waals surface area (Å²) in [7, 11) is 0. The Morgan fingerprint density at radius 2 is 1.20 bits per heavy atom. The van der Waals surface area contributed by atoms with Gasteiger partial charge in [-0.05, 0) is 51.7 Å². The molecular formula is C37H25N3O. The molecule has 194 valence electrons.